The van der Waals surface area contributed by atoms with Crippen molar-refractivity contribution in [2.75, 3.05) is 13.1 Å². The SMILES string of the molecule is O=C=NCCCCCCCCCCCC(N=C=O)C(CCCCCCCN=C=O)N=C=O. The van der Waals surface area contributed by atoms with E-state index in [4.69, 9.17) is 0 Å². The first-order chi connectivity index (χ1) is 15.8. The van der Waals surface area contributed by atoms with Gasteiger partial charge < -0.3 is 0 Å². The molecule has 0 heterocycles. The van der Waals surface area contributed by atoms with Gasteiger partial charge in [-0.15, -0.1) is 0 Å². The highest BCUT2D eigenvalue weighted by Gasteiger charge is 2.20. The molecular formula is C24H38N4O4. The summed E-state index contributed by atoms with van der Waals surface area (Å²) in [7, 11) is 0. The monoisotopic (exact) mass is 446 g/mol. The van der Waals surface area contributed by atoms with Crippen molar-refractivity contribution in [1.82, 2.24) is 0 Å². The zero-order valence-electron chi connectivity index (χ0n) is 19.3. The number of hydrogen-bond donors (Lipinski definition) is 0. The number of carbonyl (C=O) groups excluding carboxylic acids is 4. The van der Waals surface area contributed by atoms with Crippen LogP contribution in [0.25, 0.3) is 0 Å². The molecule has 2 atom stereocenters. The van der Waals surface area contributed by atoms with Crippen molar-refractivity contribution >= 4 is 24.3 Å². The van der Waals surface area contributed by atoms with E-state index in [1.165, 1.54) is 31.8 Å². The summed E-state index contributed by atoms with van der Waals surface area (Å²) in [5.74, 6) is 0. The molecule has 0 N–H and O–H groups in total. The molecule has 0 saturated carbocycles. The highest BCUT2D eigenvalue weighted by molar-refractivity contribution is 5.36. The van der Waals surface area contributed by atoms with E-state index in [-0.39, 0.29) is 12.1 Å². The van der Waals surface area contributed by atoms with Crippen LogP contribution < -0.4 is 0 Å². The molecule has 8 nitrogen and oxygen atoms in total. The smallest absolute Gasteiger partial charge is 0.211 e. The number of hydrogen-bond acceptors (Lipinski definition) is 8. The largest absolute Gasteiger partial charge is 0.235 e. The molecule has 0 radical (unpaired) electrons. The first kappa shape index (κ1) is 29.5. The van der Waals surface area contributed by atoms with E-state index >= 15 is 0 Å². The van der Waals surface area contributed by atoms with Crippen molar-refractivity contribution in [3.05, 3.63) is 0 Å². The molecule has 0 fully saturated rings. The number of unbranched alkanes of at least 4 members (excludes halogenated alkanes) is 12. The summed E-state index contributed by atoms with van der Waals surface area (Å²) >= 11 is 0. The molecule has 178 valence electrons. The average Bonchev–Trinajstić information content (AvgIpc) is 2.80. The zero-order valence-corrected chi connectivity index (χ0v) is 19.3. The Morgan fingerprint density at radius 2 is 0.719 bits per heavy atom. The molecule has 0 aliphatic heterocycles. The Labute approximate surface area is 191 Å². The molecule has 0 aromatic carbocycles. The number of nitrogens with zero attached hydrogens (tertiary/aromatic N) is 4. The minimum Gasteiger partial charge on any atom is -0.211 e. The summed E-state index contributed by atoms with van der Waals surface area (Å²) < 4.78 is 0. The van der Waals surface area contributed by atoms with Crippen LogP contribution in [-0.2, 0) is 19.2 Å². The molecule has 2 unspecified atom stereocenters. The molecular weight excluding hydrogens is 408 g/mol. The van der Waals surface area contributed by atoms with Crippen molar-refractivity contribution in [3.63, 3.8) is 0 Å². The van der Waals surface area contributed by atoms with Crippen LogP contribution in [0.3, 0.4) is 0 Å². The fourth-order valence-corrected chi connectivity index (χ4v) is 3.77. The summed E-state index contributed by atoms with van der Waals surface area (Å²) in [6, 6.07) is -0.609. The molecule has 0 saturated heterocycles. The van der Waals surface area contributed by atoms with Gasteiger partial charge in [-0.05, 0) is 25.7 Å². The third kappa shape index (κ3) is 19.5. The maximum atomic E-state index is 10.9. The molecule has 0 bridgehead atoms. The lowest BCUT2D eigenvalue weighted by molar-refractivity contribution is 0.426. The van der Waals surface area contributed by atoms with E-state index in [1.54, 1.807) is 18.2 Å². The normalized spacial score (nSPS) is 11.9. The molecule has 0 aliphatic carbocycles. The number of isocyanates is 4. The molecule has 0 spiro atoms. The fraction of sp³-hybridized carbons (Fsp3) is 0.833. The third-order valence-corrected chi connectivity index (χ3v) is 5.55. The van der Waals surface area contributed by atoms with Gasteiger partial charge in [-0.25, -0.2) is 39.1 Å². The van der Waals surface area contributed by atoms with E-state index in [0.29, 0.717) is 19.5 Å². The van der Waals surface area contributed by atoms with E-state index < -0.39 is 0 Å². The van der Waals surface area contributed by atoms with Gasteiger partial charge in [0, 0.05) is 0 Å². The van der Waals surface area contributed by atoms with Crippen LogP contribution in [0, 0.1) is 0 Å². The van der Waals surface area contributed by atoms with Gasteiger partial charge in [0.2, 0.25) is 24.3 Å². The minimum absolute atomic E-state index is 0.301. The van der Waals surface area contributed by atoms with Gasteiger partial charge >= 0.3 is 0 Å². The van der Waals surface area contributed by atoms with E-state index in [2.05, 4.69) is 20.0 Å². The third-order valence-electron chi connectivity index (χ3n) is 5.55. The second-order valence-corrected chi connectivity index (χ2v) is 8.05. The molecule has 0 amide bonds. The van der Waals surface area contributed by atoms with Crippen molar-refractivity contribution < 1.29 is 19.2 Å². The summed E-state index contributed by atoms with van der Waals surface area (Å²) in [4.78, 5) is 56.6. The Bertz CT molecular complexity index is 644. The fourth-order valence-electron chi connectivity index (χ4n) is 3.77. The maximum Gasteiger partial charge on any atom is 0.235 e. The van der Waals surface area contributed by atoms with Crippen LogP contribution in [0.15, 0.2) is 20.0 Å². The van der Waals surface area contributed by atoms with Gasteiger partial charge in [-0.2, -0.15) is 0 Å². The van der Waals surface area contributed by atoms with Crippen LogP contribution in [0.5, 0.6) is 0 Å². The van der Waals surface area contributed by atoms with Gasteiger partial charge in [0.1, 0.15) is 0 Å². The Hall–Kier alpha value is -2.48. The molecule has 0 aromatic heterocycles. The molecule has 0 rings (SSSR count). The lowest BCUT2D eigenvalue weighted by atomic mass is 9.96. The van der Waals surface area contributed by atoms with Crippen molar-refractivity contribution in [2.45, 2.75) is 115 Å². The van der Waals surface area contributed by atoms with Crippen molar-refractivity contribution in [3.8, 4) is 0 Å². The highest BCUT2D eigenvalue weighted by atomic mass is 16.1. The maximum absolute atomic E-state index is 10.9. The topological polar surface area (TPSA) is 118 Å². The number of rotatable bonds is 23. The molecule has 32 heavy (non-hydrogen) atoms. The van der Waals surface area contributed by atoms with Gasteiger partial charge in [-0.1, -0.05) is 77.0 Å². The van der Waals surface area contributed by atoms with E-state index in [0.717, 1.165) is 70.6 Å². The van der Waals surface area contributed by atoms with Crippen molar-refractivity contribution in [1.29, 1.82) is 0 Å². The van der Waals surface area contributed by atoms with Crippen molar-refractivity contribution in [2.24, 2.45) is 20.0 Å². The predicted molar refractivity (Wildman–Crippen MR) is 124 cm³/mol. The predicted octanol–water partition coefficient (Wildman–Crippen LogP) is 5.31. The molecule has 0 aliphatic rings. The molecule has 8 heteroatoms. The highest BCUT2D eigenvalue weighted by Crippen LogP contribution is 2.19. The Morgan fingerprint density at radius 3 is 1.03 bits per heavy atom. The summed E-state index contributed by atoms with van der Waals surface area (Å²) in [5.41, 5.74) is 0. The van der Waals surface area contributed by atoms with Crippen LogP contribution >= 0.6 is 0 Å². The van der Waals surface area contributed by atoms with E-state index in [9.17, 15) is 19.2 Å². The first-order valence-corrected chi connectivity index (χ1v) is 12.0. The Balaban J connectivity index is 4.00. The Morgan fingerprint density at radius 1 is 0.406 bits per heavy atom. The standard InChI is InChI=1S/C24H38N4O4/c29-19-25-17-13-9-5-3-1-2-4-7-11-15-23(27-21-31)24(28-22-32)16-12-8-6-10-14-18-26-20-30/h23-24H,1-18H2. The molecule has 0 aromatic rings. The van der Waals surface area contributed by atoms with Gasteiger partial charge in [0.15, 0.2) is 0 Å². The second kappa shape index (κ2) is 24.8. The van der Waals surface area contributed by atoms with Crippen LogP contribution in [-0.4, -0.2) is 49.5 Å². The minimum atomic E-state index is -0.308. The summed E-state index contributed by atoms with van der Waals surface area (Å²) in [6.07, 6.45) is 22.6. The zero-order chi connectivity index (χ0) is 23.5. The summed E-state index contributed by atoms with van der Waals surface area (Å²) in [6.45, 7) is 1.11. The van der Waals surface area contributed by atoms with Crippen LogP contribution in [0.4, 0.5) is 0 Å². The number of aliphatic imine (C=N–C) groups is 4. The van der Waals surface area contributed by atoms with E-state index in [1.807, 2.05) is 0 Å². The quantitative estimate of drug-likeness (QED) is 0.120. The first-order valence-electron chi connectivity index (χ1n) is 12.0. The van der Waals surface area contributed by atoms with Gasteiger partial charge in [0.25, 0.3) is 0 Å². The van der Waals surface area contributed by atoms with Crippen LogP contribution in [0.1, 0.15) is 103 Å². The average molecular weight is 447 g/mol. The summed E-state index contributed by atoms with van der Waals surface area (Å²) in [5, 5.41) is 0. The lowest BCUT2D eigenvalue weighted by Crippen LogP contribution is -2.23. The van der Waals surface area contributed by atoms with Gasteiger partial charge in [0.05, 0.1) is 25.2 Å². The lowest BCUT2D eigenvalue weighted by Gasteiger charge is -2.18. The van der Waals surface area contributed by atoms with Crippen LogP contribution in [0.2, 0.25) is 0 Å². The van der Waals surface area contributed by atoms with Gasteiger partial charge in [-0.3, -0.25) is 0 Å². The second-order valence-electron chi connectivity index (χ2n) is 8.05. The Kier molecular flexibility index (Phi) is 22.9.